The lowest BCUT2D eigenvalue weighted by Gasteiger charge is -2.35. The Morgan fingerprint density at radius 3 is 2.20 bits per heavy atom. The molecule has 44 heavy (non-hydrogen) atoms. The highest BCUT2D eigenvalue weighted by molar-refractivity contribution is 7.91. The Morgan fingerprint density at radius 1 is 1.02 bits per heavy atom. The Hall–Kier alpha value is -2.58. The summed E-state index contributed by atoms with van der Waals surface area (Å²) in [5.41, 5.74) is -2.22. The van der Waals surface area contributed by atoms with E-state index >= 15 is 0 Å². The largest absolute Gasteiger partial charge is 0.444 e. The molecule has 2 amide bonds. The molecule has 1 saturated heterocycles. The molecule has 15 heteroatoms. The third-order valence-electron chi connectivity index (χ3n) is 6.99. The minimum atomic E-state index is -4.81. The van der Waals surface area contributed by atoms with Crippen LogP contribution < -0.4 is 10.2 Å². The average Bonchev–Trinajstić information content (AvgIpc) is 2.92. The number of carbonyl (C=O) groups is 2. The molecule has 244 valence electrons. The number of halogens is 5. The molecule has 1 N–H and O–H groups in total. The molecule has 0 atom stereocenters. The molecular weight excluding hydrogens is 644 g/mol. The molecule has 1 aliphatic rings. The summed E-state index contributed by atoms with van der Waals surface area (Å²) in [5.74, 6) is -1.13. The second kappa shape index (κ2) is 14.2. The lowest BCUT2D eigenvalue weighted by Crippen LogP contribution is -2.48. The first-order valence-corrected chi connectivity index (χ1v) is 16.3. The van der Waals surface area contributed by atoms with Crippen LogP contribution in [0.4, 0.5) is 23.7 Å². The third-order valence-corrected chi connectivity index (χ3v) is 9.34. The first-order valence-electron chi connectivity index (χ1n) is 13.9. The SMILES string of the molecule is CCS(=O)(=O)c1ccc(Cl)cc1N(C)C(=O)c1cc(Cl)c(CN2CCN(CCNC(=O)OC(C)(C)C)CC2)c(C(F)(F)F)c1. The van der Waals surface area contributed by atoms with E-state index in [1.165, 1.54) is 38.2 Å². The predicted octanol–water partition coefficient (Wildman–Crippen LogP) is 5.72. The topological polar surface area (TPSA) is 99.3 Å². The van der Waals surface area contributed by atoms with Gasteiger partial charge in [-0.25, -0.2) is 13.2 Å². The lowest BCUT2D eigenvalue weighted by molar-refractivity contribution is -0.138. The number of rotatable bonds is 9. The second-order valence-corrected chi connectivity index (χ2v) is 14.5. The van der Waals surface area contributed by atoms with Crippen molar-refractivity contribution in [1.82, 2.24) is 15.1 Å². The van der Waals surface area contributed by atoms with Crippen LogP contribution in [0.5, 0.6) is 0 Å². The number of sulfone groups is 1. The highest BCUT2D eigenvalue weighted by atomic mass is 35.5. The zero-order chi connectivity index (χ0) is 33.0. The van der Waals surface area contributed by atoms with Crippen molar-refractivity contribution in [3.8, 4) is 0 Å². The van der Waals surface area contributed by atoms with E-state index in [9.17, 15) is 31.2 Å². The molecule has 0 radical (unpaired) electrons. The number of alkyl halides is 3. The second-order valence-electron chi connectivity index (χ2n) is 11.4. The number of carbonyl (C=O) groups excluding carboxylic acids is 2. The van der Waals surface area contributed by atoms with Gasteiger partial charge in [-0.2, -0.15) is 13.2 Å². The number of benzene rings is 2. The van der Waals surface area contributed by atoms with Gasteiger partial charge in [0.25, 0.3) is 5.91 Å². The van der Waals surface area contributed by atoms with Gasteiger partial charge in [0.15, 0.2) is 9.84 Å². The molecule has 1 heterocycles. The summed E-state index contributed by atoms with van der Waals surface area (Å²) in [5, 5.41) is 2.61. The fourth-order valence-electron chi connectivity index (χ4n) is 4.67. The Kier molecular flexibility index (Phi) is 11.6. The summed E-state index contributed by atoms with van der Waals surface area (Å²) in [6, 6.07) is 5.81. The molecule has 1 fully saturated rings. The number of nitrogens with one attached hydrogen (secondary N) is 1. The molecule has 2 aromatic rings. The van der Waals surface area contributed by atoms with Gasteiger partial charge in [0.2, 0.25) is 0 Å². The molecule has 2 aromatic carbocycles. The van der Waals surface area contributed by atoms with Crippen LogP contribution in [-0.2, 0) is 27.3 Å². The predicted molar refractivity (Wildman–Crippen MR) is 164 cm³/mol. The van der Waals surface area contributed by atoms with Crippen LogP contribution in [-0.4, -0.2) is 87.9 Å². The van der Waals surface area contributed by atoms with Crippen LogP contribution in [0.1, 0.15) is 49.2 Å². The van der Waals surface area contributed by atoms with E-state index in [4.69, 9.17) is 27.9 Å². The average molecular weight is 682 g/mol. The summed E-state index contributed by atoms with van der Waals surface area (Å²) >= 11 is 12.5. The molecule has 0 spiro atoms. The Labute approximate surface area is 266 Å². The fraction of sp³-hybridized carbons (Fsp3) is 0.517. The molecule has 3 rings (SSSR count). The molecule has 0 saturated carbocycles. The summed E-state index contributed by atoms with van der Waals surface area (Å²) < 4.78 is 73.3. The normalized spacial score (nSPS) is 15.2. The monoisotopic (exact) mass is 680 g/mol. The van der Waals surface area contributed by atoms with Gasteiger partial charge in [-0.3, -0.25) is 14.6 Å². The van der Waals surface area contributed by atoms with Crippen molar-refractivity contribution in [3.05, 3.63) is 57.1 Å². The Bertz CT molecular complexity index is 1470. The van der Waals surface area contributed by atoms with Crippen LogP contribution in [0.15, 0.2) is 35.2 Å². The summed E-state index contributed by atoms with van der Waals surface area (Å²) in [7, 11) is -2.52. The van der Waals surface area contributed by atoms with Gasteiger partial charge in [0.1, 0.15) is 5.60 Å². The van der Waals surface area contributed by atoms with Crippen molar-refractivity contribution >= 4 is 50.7 Å². The maximum atomic E-state index is 14.3. The molecule has 0 aliphatic carbocycles. The van der Waals surface area contributed by atoms with Crippen LogP contribution in [0.2, 0.25) is 10.0 Å². The van der Waals surface area contributed by atoms with Crippen molar-refractivity contribution < 1.29 is 35.9 Å². The minimum Gasteiger partial charge on any atom is -0.444 e. The number of alkyl carbamates (subject to hydrolysis) is 1. The first-order chi connectivity index (χ1) is 20.3. The zero-order valence-electron chi connectivity index (χ0n) is 25.2. The van der Waals surface area contributed by atoms with Gasteiger partial charge in [0.05, 0.1) is 21.9 Å². The maximum Gasteiger partial charge on any atom is 0.416 e. The van der Waals surface area contributed by atoms with Gasteiger partial charge in [-0.05, 0) is 56.7 Å². The van der Waals surface area contributed by atoms with Crippen molar-refractivity contribution in [1.29, 1.82) is 0 Å². The van der Waals surface area contributed by atoms with Crippen molar-refractivity contribution in [2.24, 2.45) is 0 Å². The minimum absolute atomic E-state index is 0.0581. The number of hydrogen-bond donors (Lipinski definition) is 1. The van der Waals surface area contributed by atoms with Crippen LogP contribution in [0, 0.1) is 0 Å². The van der Waals surface area contributed by atoms with Crippen molar-refractivity contribution in [2.45, 2.75) is 50.9 Å². The van der Waals surface area contributed by atoms with E-state index in [1.807, 2.05) is 4.90 Å². The molecule has 0 bridgehead atoms. The van der Waals surface area contributed by atoms with Gasteiger partial charge < -0.3 is 15.0 Å². The highest BCUT2D eigenvalue weighted by Gasteiger charge is 2.37. The van der Waals surface area contributed by atoms with E-state index in [-0.39, 0.29) is 44.1 Å². The molecule has 1 aliphatic heterocycles. The zero-order valence-corrected chi connectivity index (χ0v) is 27.6. The van der Waals surface area contributed by atoms with Gasteiger partial charge >= 0.3 is 12.3 Å². The number of piperazine rings is 1. The lowest BCUT2D eigenvalue weighted by atomic mass is 10.0. The summed E-state index contributed by atoms with van der Waals surface area (Å²) in [6.07, 6.45) is -5.33. The standard InChI is InChI=1S/C29H37Cl2F3N4O5S/c1-6-44(41,42)25-8-7-20(30)17-24(25)36(5)26(39)19-15-22(29(32,33)34)21(23(31)16-19)18-38-13-11-37(12-14-38)10-9-35-27(40)43-28(2,3)4/h7-8,15-17H,6,9-14,18H2,1-5H3,(H,35,40). The number of amides is 2. The van der Waals surface area contributed by atoms with Crippen molar-refractivity contribution in [3.63, 3.8) is 0 Å². The van der Waals surface area contributed by atoms with E-state index in [1.54, 1.807) is 20.8 Å². The number of anilines is 1. The van der Waals surface area contributed by atoms with Gasteiger partial charge in [0, 0.05) is 68.5 Å². The summed E-state index contributed by atoms with van der Waals surface area (Å²) in [4.78, 5) is 30.0. The van der Waals surface area contributed by atoms with E-state index in [0.29, 0.717) is 39.3 Å². The van der Waals surface area contributed by atoms with Crippen LogP contribution in [0.25, 0.3) is 0 Å². The molecule has 0 aromatic heterocycles. The Balaban J connectivity index is 1.75. The van der Waals surface area contributed by atoms with Gasteiger partial charge in [-0.1, -0.05) is 30.1 Å². The number of nitrogens with zero attached hydrogens (tertiary/aromatic N) is 3. The number of ether oxygens (including phenoxy) is 1. The summed E-state index contributed by atoms with van der Waals surface area (Å²) in [6.45, 7) is 9.64. The highest BCUT2D eigenvalue weighted by Crippen LogP contribution is 2.38. The Morgan fingerprint density at radius 2 is 1.64 bits per heavy atom. The first kappa shape index (κ1) is 35.9. The molecule has 9 nitrogen and oxygen atoms in total. The number of hydrogen-bond acceptors (Lipinski definition) is 7. The molecular formula is C29H37Cl2F3N4O5S. The molecule has 0 unspecified atom stereocenters. The van der Waals surface area contributed by atoms with E-state index < -0.39 is 39.2 Å². The third kappa shape index (κ3) is 9.46. The fourth-order valence-corrected chi connectivity index (χ4v) is 6.22. The maximum absolute atomic E-state index is 14.3. The van der Waals surface area contributed by atoms with Gasteiger partial charge in [-0.15, -0.1) is 0 Å². The smallest absolute Gasteiger partial charge is 0.416 e. The van der Waals surface area contributed by atoms with E-state index in [0.717, 1.165) is 11.0 Å². The van der Waals surface area contributed by atoms with Crippen molar-refractivity contribution in [2.75, 3.05) is 57.0 Å². The quantitative estimate of drug-likeness (QED) is 0.362. The van der Waals surface area contributed by atoms with Crippen LogP contribution >= 0.6 is 23.2 Å². The van der Waals surface area contributed by atoms with E-state index in [2.05, 4.69) is 10.2 Å². The van der Waals surface area contributed by atoms with Crippen LogP contribution in [0.3, 0.4) is 0 Å².